The minimum Gasteiger partial charge on any atom is -0.463 e. The molecule has 0 N–H and O–H groups in total. The maximum atomic E-state index is 13.0. The van der Waals surface area contributed by atoms with Gasteiger partial charge in [-0.15, -0.1) is 0 Å². The molecule has 2 aliphatic heterocycles. The summed E-state index contributed by atoms with van der Waals surface area (Å²) in [6.07, 6.45) is -1.90. The van der Waals surface area contributed by atoms with Crippen LogP contribution in [0.4, 0.5) is 4.79 Å². The van der Waals surface area contributed by atoms with Crippen molar-refractivity contribution in [2.24, 2.45) is 0 Å². The summed E-state index contributed by atoms with van der Waals surface area (Å²) in [5.41, 5.74) is 0.731. The van der Waals surface area contributed by atoms with Crippen LogP contribution in [0, 0.1) is 0 Å². The summed E-state index contributed by atoms with van der Waals surface area (Å²) in [6, 6.07) is 22.8. The number of benzene rings is 4. The zero-order chi connectivity index (χ0) is 42.4. The Bertz CT molecular complexity index is 2180. The van der Waals surface area contributed by atoms with Crippen LogP contribution in [0.5, 0.6) is 23.0 Å². The quantitative estimate of drug-likeness (QED) is 0.0254. The van der Waals surface area contributed by atoms with Crippen LogP contribution >= 0.6 is 0 Å². The number of carbonyl (C=O) groups is 7. The summed E-state index contributed by atoms with van der Waals surface area (Å²) in [4.78, 5) is 84.5. The van der Waals surface area contributed by atoms with Gasteiger partial charge < -0.3 is 47.4 Å². The molecule has 4 aromatic carbocycles. The van der Waals surface area contributed by atoms with Gasteiger partial charge in [0, 0.05) is 6.08 Å². The fraction of sp³-hybridized carbons (Fsp3) is 0.233. The summed E-state index contributed by atoms with van der Waals surface area (Å²) in [7, 11) is 0. The average molecular weight is 825 g/mol. The van der Waals surface area contributed by atoms with Gasteiger partial charge in [0.1, 0.15) is 35.2 Å². The molecule has 4 aromatic rings. The van der Waals surface area contributed by atoms with Crippen molar-refractivity contribution in [2.45, 2.75) is 37.3 Å². The van der Waals surface area contributed by atoms with Crippen molar-refractivity contribution in [2.75, 3.05) is 26.4 Å². The summed E-state index contributed by atoms with van der Waals surface area (Å²) in [5.74, 6) is -2.51. The van der Waals surface area contributed by atoms with Crippen LogP contribution in [0.15, 0.2) is 110 Å². The van der Waals surface area contributed by atoms with Crippen molar-refractivity contribution < 1.29 is 80.9 Å². The minimum absolute atomic E-state index is 0.000659. The zero-order valence-corrected chi connectivity index (χ0v) is 31.6. The van der Waals surface area contributed by atoms with Gasteiger partial charge in [-0.1, -0.05) is 6.58 Å². The van der Waals surface area contributed by atoms with Crippen LogP contribution in [-0.4, -0.2) is 93.3 Å². The van der Waals surface area contributed by atoms with E-state index in [4.69, 9.17) is 47.4 Å². The third-order valence-corrected chi connectivity index (χ3v) is 8.82. The molecule has 0 saturated carbocycles. The summed E-state index contributed by atoms with van der Waals surface area (Å²) in [6.45, 7) is 3.80. The fourth-order valence-corrected chi connectivity index (χ4v) is 5.79. The maximum Gasteiger partial charge on any atom is 0.513 e. The van der Waals surface area contributed by atoms with Gasteiger partial charge in [0.15, 0.2) is 12.2 Å². The Labute approximate surface area is 341 Å². The molecule has 4 atom stereocenters. The molecule has 2 aliphatic rings. The molecule has 0 bridgehead atoms. The van der Waals surface area contributed by atoms with E-state index >= 15 is 0 Å². The molecule has 60 heavy (non-hydrogen) atoms. The monoisotopic (exact) mass is 824 g/mol. The van der Waals surface area contributed by atoms with Crippen LogP contribution in [0.1, 0.15) is 54.3 Å². The number of fused-ring (bicyclic) bond motifs is 1. The molecular weight excluding hydrogens is 788 g/mol. The van der Waals surface area contributed by atoms with E-state index in [2.05, 4.69) is 6.58 Å². The maximum absolute atomic E-state index is 13.0. The molecule has 2 saturated heterocycles. The highest BCUT2D eigenvalue weighted by Crippen LogP contribution is 2.32. The number of unbranched alkanes of at least 4 members (excludes halogenated alkanes) is 1. The topological polar surface area (TPSA) is 212 Å². The lowest BCUT2D eigenvalue weighted by molar-refractivity contribution is -0.137. The molecule has 0 spiro atoms. The number of rotatable bonds is 17. The molecule has 0 aliphatic carbocycles. The second-order valence-electron chi connectivity index (χ2n) is 12.9. The van der Waals surface area contributed by atoms with E-state index < -0.39 is 60.4 Å². The lowest BCUT2D eigenvalue weighted by Gasteiger charge is -2.17. The molecule has 2 heterocycles. The third kappa shape index (κ3) is 11.4. The molecule has 310 valence electrons. The van der Waals surface area contributed by atoms with Crippen molar-refractivity contribution >= 4 is 42.5 Å². The Kier molecular flexibility index (Phi) is 14.3. The van der Waals surface area contributed by atoms with Crippen LogP contribution in [-0.2, 0) is 38.0 Å². The Morgan fingerprint density at radius 2 is 0.917 bits per heavy atom. The molecule has 0 amide bonds. The molecule has 2 fully saturated rings. The molecule has 4 unspecified atom stereocenters. The predicted molar refractivity (Wildman–Crippen MR) is 203 cm³/mol. The van der Waals surface area contributed by atoms with E-state index in [0.717, 1.165) is 6.08 Å². The summed E-state index contributed by atoms with van der Waals surface area (Å²) < 4.78 is 53.3. The lowest BCUT2D eigenvalue weighted by Crippen LogP contribution is -2.36. The second kappa shape index (κ2) is 20.4. The van der Waals surface area contributed by atoms with Gasteiger partial charge >= 0.3 is 36.0 Å². The van der Waals surface area contributed by atoms with Gasteiger partial charge in [0.25, 0.3) is 6.47 Å². The van der Waals surface area contributed by atoms with Crippen LogP contribution in [0.3, 0.4) is 0 Å². The number of carbonyl (C=O) groups excluding carboxylic acids is 7. The van der Waals surface area contributed by atoms with Gasteiger partial charge in [-0.3, -0.25) is 4.79 Å². The number of esters is 5. The van der Waals surface area contributed by atoms with E-state index in [9.17, 15) is 33.6 Å². The summed E-state index contributed by atoms with van der Waals surface area (Å²) in [5, 5.41) is 0. The number of ether oxygens (including phenoxy) is 10. The van der Waals surface area contributed by atoms with Crippen molar-refractivity contribution in [3.8, 4) is 23.0 Å². The number of hydrogen-bond donors (Lipinski definition) is 0. The zero-order valence-electron chi connectivity index (χ0n) is 31.6. The first-order chi connectivity index (χ1) is 29.1. The van der Waals surface area contributed by atoms with Crippen molar-refractivity contribution in [1.82, 2.24) is 0 Å². The lowest BCUT2D eigenvalue weighted by atomic mass is 10.1. The van der Waals surface area contributed by atoms with E-state index in [1.54, 1.807) is 0 Å². The average Bonchev–Trinajstić information content (AvgIpc) is 3.85. The van der Waals surface area contributed by atoms with Gasteiger partial charge in [0.05, 0.1) is 48.7 Å². The Hall–Kier alpha value is -7.37. The van der Waals surface area contributed by atoms with E-state index in [0.29, 0.717) is 12.8 Å². The highest BCUT2D eigenvalue weighted by molar-refractivity contribution is 5.93. The second-order valence-corrected chi connectivity index (χ2v) is 12.9. The number of hydrogen-bond acceptors (Lipinski definition) is 17. The first-order valence-corrected chi connectivity index (χ1v) is 18.3. The normalized spacial score (nSPS) is 17.5. The van der Waals surface area contributed by atoms with E-state index in [1.165, 1.54) is 97.1 Å². The Balaban J connectivity index is 0.908. The summed E-state index contributed by atoms with van der Waals surface area (Å²) >= 11 is 0. The van der Waals surface area contributed by atoms with E-state index in [-0.39, 0.29) is 78.2 Å². The van der Waals surface area contributed by atoms with Gasteiger partial charge in [-0.25, -0.2) is 28.8 Å². The van der Waals surface area contributed by atoms with Crippen molar-refractivity contribution in [1.29, 1.82) is 0 Å². The van der Waals surface area contributed by atoms with E-state index in [1.807, 2.05) is 0 Å². The molecule has 17 nitrogen and oxygen atoms in total. The third-order valence-electron chi connectivity index (χ3n) is 8.82. The Morgan fingerprint density at radius 1 is 0.533 bits per heavy atom. The molecular formula is C43H36O17. The first kappa shape index (κ1) is 42.2. The largest absolute Gasteiger partial charge is 0.513 e. The van der Waals surface area contributed by atoms with Gasteiger partial charge in [-0.05, 0) is 110 Å². The highest BCUT2D eigenvalue weighted by atomic mass is 16.7. The molecule has 0 aromatic heterocycles. The van der Waals surface area contributed by atoms with Crippen LogP contribution < -0.4 is 18.9 Å². The highest BCUT2D eigenvalue weighted by Gasteiger charge is 2.51. The van der Waals surface area contributed by atoms with Gasteiger partial charge in [0.2, 0.25) is 0 Å². The fourth-order valence-electron chi connectivity index (χ4n) is 5.79. The molecule has 6 rings (SSSR count). The smallest absolute Gasteiger partial charge is 0.463 e. The van der Waals surface area contributed by atoms with Crippen LogP contribution in [0.25, 0.3) is 0 Å². The van der Waals surface area contributed by atoms with Crippen LogP contribution in [0.2, 0.25) is 0 Å². The molecule has 0 radical (unpaired) electrons. The van der Waals surface area contributed by atoms with Crippen molar-refractivity contribution in [3.05, 3.63) is 132 Å². The van der Waals surface area contributed by atoms with Crippen molar-refractivity contribution in [3.63, 3.8) is 0 Å². The SMILES string of the molecule is C=CC(=O)OCCCCOC(=O)Oc1ccc(C(=O)Oc2ccc(C(=O)OC3COC4C(OC(=O)c5ccc(OC(=O)c6ccc(OC=O)cc6)cc5)COC34)cc2)cc1. The predicted octanol–water partition coefficient (Wildman–Crippen LogP) is 5.23. The molecule has 17 heteroatoms. The minimum atomic E-state index is -0.938. The first-order valence-electron chi connectivity index (χ1n) is 18.3. The Morgan fingerprint density at radius 3 is 1.33 bits per heavy atom. The van der Waals surface area contributed by atoms with Gasteiger partial charge in [-0.2, -0.15) is 0 Å². The standard InChI is InChI=1S/C43H36O17/c1-2-36(45)51-21-3-4-22-52-43(50)58-33-19-11-27(12-20-33)40(47)57-32-17-9-29(10-18-32)42(49)60-35-24-54-37-34(23-53-38(35)37)59-41(48)28-7-15-31(16-8-28)56-39(46)26-5-13-30(14-6-26)55-25-44/h2,5-20,25,34-35,37-38H,1,3-4,21-24H2.